The van der Waals surface area contributed by atoms with Gasteiger partial charge in [0.1, 0.15) is 11.6 Å². The molecule has 0 fully saturated rings. The molecule has 0 saturated heterocycles. The molecule has 0 atom stereocenters. The van der Waals surface area contributed by atoms with Gasteiger partial charge in [-0.1, -0.05) is 78.9 Å². The lowest BCUT2D eigenvalue weighted by atomic mass is 9.66. The molecule has 0 unspecified atom stereocenters. The lowest BCUT2D eigenvalue weighted by Crippen LogP contribution is -2.36. The lowest BCUT2D eigenvalue weighted by Gasteiger charge is -2.35. The fourth-order valence-corrected chi connectivity index (χ4v) is 4.94. The molecule has 4 aromatic rings. The van der Waals surface area contributed by atoms with E-state index in [9.17, 15) is 5.26 Å². The van der Waals surface area contributed by atoms with E-state index in [0.29, 0.717) is 11.5 Å². The number of fused-ring (bicyclic) bond motifs is 7. The molecule has 1 aliphatic carbocycles. The quantitative estimate of drug-likeness (QED) is 0.503. The van der Waals surface area contributed by atoms with Crippen molar-refractivity contribution in [3.63, 3.8) is 0 Å². The van der Waals surface area contributed by atoms with Crippen molar-refractivity contribution in [2.75, 3.05) is 0 Å². The lowest BCUT2D eigenvalue weighted by molar-refractivity contribution is 0.368. The van der Waals surface area contributed by atoms with Crippen molar-refractivity contribution >= 4 is 0 Å². The minimum atomic E-state index is -0.891. The van der Waals surface area contributed by atoms with Gasteiger partial charge in [0.2, 0.25) is 11.8 Å². The van der Waals surface area contributed by atoms with Crippen LogP contribution >= 0.6 is 0 Å². The molecule has 3 aromatic carbocycles. The Morgan fingerprint density at radius 2 is 1.47 bits per heavy atom. The van der Waals surface area contributed by atoms with E-state index in [1.54, 1.807) is 0 Å². The minimum absolute atomic E-state index is 0.0858. The molecule has 0 saturated carbocycles. The van der Waals surface area contributed by atoms with Crippen LogP contribution < -0.4 is 10.5 Å². The van der Waals surface area contributed by atoms with Crippen molar-refractivity contribution in [1.29, 1.82) is 5.26 Å². The maximum Gasteiger partial charge on any atom is 0.245 e. The molecule has 6 rings (SSSR count). The molecule has 1 aliphatic heterocycles. The van der Waals surface area contributed by atoms with Crippen LogP contribution in [-0.4, -0.2) is 10.2 Å². The number of aromatic amines is 1. The Hall–Kier alpha value is -4.30. The van der Waals surface area contributed by atoms with Gasteiger partial charge >= 0.3 is 0 Å². The largest absolute Gasteiger partial charge is 0.420 e. The van der Waals surface area contributed by atoms with E-state index in [4.69, 9.17) is 10.5 Å². The Morgan fingerprint density at radius 3 is 2.10 bits per heavy atom. The Balaban J connectivity index is 1.82. The van der Waals surface area contributed by atoms with Gasteiger partial charge in [0.25, 0.3) is 0 Å². The molecule has 5 heteroatoms. The first kappa shape index (κ1) is 16.6. The molecule has 3 N–H and O–H groups in total. The number of allylic oxidation sites excluding steroid dienone is 1. The Bertz CT molecular complexity index is 1350. The second-order valence-electron chi connectivity index (χ2n) is 7.44. The zero-order chi connectivity index (χ0) is 20.3. The second kappa shape index (κ2) is 5.85. The van der Waals surface area contributed by atoms with E-state index in [2.05, 4.69) is 40.5 Å². The molecule has 0 radical (unpaired) electrons. The van der Waals surface area contributed by atoms with E-state index in [1.807, 2.05) is 54.6 Å². The van der Waals surface area contributed by atoms with Crippen LogP contribution in [0, 0.1) is 11.3 Å². The number of ether oxygens (including phenoxy) is 1. The molecule has 1 spiro atoms. The van der Waals surface area contributed by atoms with E-state index >= 15 is 0 Å². The van der Waals surface area contributed by atoms with Crippen LogP contribution in [0.3, 0.4) is 0 Å². The minimum Gasteiger partial charge on any atom is -0.420 e. The fraction of sp³-hybridized carbons (Fsp3) is 0.0400. The number of nitrogens with two attached hydrogens (primary N) is 1. The zero-order valence-electron chi connectivity index (χ0n) is 15.9. The smallest absolute Gasteiger partial charge is 0.245 e. The van der Waals surface area contributed by atoms with Gasteiger partial charge in [-0.2, -0.15) is 5.26 Å². The standard InChI is InChI=1S/C25H16N4O/c26-14-20-23(27)30-24-21(22(28-29-24)15-8-2-1-3-9-15)25(20)18-12-6-4-10-16(18)17-11-5-7-13-19(17)25/h1-13H,27H2,(H,28,29). The van der Waals surface area contributed by atoms with Gasteiger partial charge < -0.3 is 10.5 Å². The Morgan fingerprint density at radius 1 is 0.867 bits per heavy atom. The van der Waals surface area contributed by atoms with Gasteiger partial charge in [-0.3, -0.25) is 5.10 Å². The maximum absolute atomic E-state index is 10.3. The van der Waals surface area contributed by atoms with Crippen LogP contribution in [0.15, 0.2) is 90.3 Å². The third kappa shape index (κ3) is 1.88. The van der Waals surface area contributed by atoms with Crippen LogP contribution in [0.2, 0.25) is 0 Å². The second-order valence-corrected chi connectivity index (χ2v) is 7.44. The number of nitriles is 1. The monoisotopic (exact) mass is 388 g/mol. The number of rotatable bonds is 1. The molecular weight excluding hydrogens is 372 g/mol. The number of nitrogens with one attached hydrogen (secondary N) is 1. The summed E-state index contributed by atoms with van der Waals surface area (Å²) in [5.74, 6) is 0.486. The summed E-state index contributed by atoms with van der Waals surface area (Å²) in [5.41, 5.74) is 12.6. The van der Waals surface area contributed by atoms with Crippen LogP contribution in [-0.2, 0) is 5.41 Å². The average Bonchev–Trinajstić information content (AvgIpc) is 3.34. The zero-order valence-corrected chi connectivity index (χ0v) is 15.9. The first-order valence-corrected chi connectivity index (χ1v) is 9.68. The molecule has 0 bridgehead atoms. The molecule has 2 heterocycles. The highest BCUT2D eigenvalue weighted by molar-refractivity contribution is 5.90. The third-order valence-corrected chi connectivity index (χ3v) is 6.06. The van der Waals surface area contributed by atoms with Crippen molar-refractivity contribution in [3.05, 3.63) is 107 Å². The van der Waals surface area contributed by atoms with Crippen LogP contribution in [0.4, 0.5) is 0 Å². The summed E-state index contributed by atoms with van der Waals surface area (Å²) in [6.45, 7) is 0. The third-order valence-electron chi connectivity index (χ3n) is 6.06. The molecule has 0 amide bonds. The van der Waals surface area contributed by atoms with E-state index < -0.39 is 5.41 Å². The molecule has 5 nitrogen and oxygen atoms in total. The maximum atomic E-state index is 10.3. The Kier molecular flexibility index (Phi) is 3.24. The number of nitrogens with zero attached hydrogens (tertiary/aromatic N) is 2. The highest BCUT2D eigenvalue weighted by Crippen LogP contribution is 2.61. The van der Waals surface area contributed by atoms with E-state index in [0.717, 1.165) is 39.1 Å². The summed E-state index contributed by atoms with van der Waals surface area (Å²) >= 11 is 0. The van der Waals surface area contributed by atoms with Crippen molar-refractivity contribution in [3.8, 4) is 34.3 Å². The number of hydrogen-bond acceptors (Lipinski definition) is 4. The predicted molar refractivity (Wildman–Crippen MR) is 113 cm³/mol. The van der Waals surface area contributed by atoms with Crippen LogP contribution in [0.25, 0.3) is 22.4 Å². The van der Waals surface area contributed by atoms with Crippen molar-refractivity contribution in [2.24, 2.45) is 5.73 Å². The fourth-order valence-electron chi connectivity index (χ4n) is 4.94. The molecular formula is C25H16N4O. The SMILES string of the molecule is N#CC1=C(N)Oc2n[nH]c(-c3ccccc3)c2C12c1ccccc1-c1ccccc12. The van der Waals surface area contributed by atoms with Crippen LogP contribution in [0.5, 0.6) is 5.88 Å². The number of hydrogen-bond donors (Lipinski definition) is 2. The topological polar surface area (TPSA) is 87.7 Å². The molecule has 142 valence electrons. The highest BCUT2D eigenvalue weighted by Gasteiger charge is 2.55. The summed E-state index contributed by atoms with van der Waals surface area (Å²) in [5, 5.41) is 17.9. The van der Waals surface area contributed by atoms with Gasteiger partial charge in [0.15, 0.2) is 0 Å². The summed E-state index contributed by atoms with van der Waals surface area (Å²) in [6.07, 6.45) is 0. The van der Waals surface area contributed by atoms with Gasteiger partial charge in [-0.15, -0.1) is 5.10 Å². The van der Waals surface area contributed by atoms with Gasteiger partial charge in [-0.05, 0) is 22.3 Å². The van der Waals surface area contributed by atoms with Gasteiger partial charge in [-0.25, -0.2) is 0 Å². The first-order valence-electron chi connectivity index (χ1n) is 9.68. The van der Waals surface area contributed by atoms with Crippen molar-refractivity contribution < 1.29 is 4.74 Å². The average molecular weight is 388 g/mol. The van der Waals surface area contributed by atoms with Crippen molar-refractivity contribution in [1.82, 2.24) is 10.2 Å². The summed E-state index contributed by atoms with van der Waals surface area (Å²) in [6, 6.07) is 28.7. The molecule has 2 aliphatic rings. The van der Waals surface area contributed by atoms with Crippen LogP contribution in [0.1, 0.15) is 16.7 Å². The molecule has 30 heavy (non-hydrogen) atoms. The predicted octanol–water partition coefficient (Wildman–Crippen LogP) is 4.48. The number of H-pyrrole nitrogens is 1. The normalized spacial score (nSPS) is 15.2. The summed E-state index contributed by atoms with van der Waals surface area (Å²) < 4.78 is 5.85. The van der Waals surface area contributed by atoms with Crippen molar-refractivity contribution in [2.45, 2.75) is 5.41 Å². The number of aromatic nitrogens is 2. The van der Waals surface area contributed by atoms with E-state index in [-0.39, 0.29) is 5.88 Å². The summed E-state index contributed by atoms with van der Waals surface area (Å²) in [7, 11) is 0. The Labute approximate surface area is 173 Å². The van der Waals surface area contributed by atoms with Gasteiger partial charge in [0, 0.05) is 5.56 Å². The summed E-state index contributed by atoms with van der Waals surface area (Å²) in [4.78, 5) is 0. The highest BCUT2D eigenvalue weighted by atomic mass is 16.5. The molecule has 1 aromatic heterocycles. The first-order chi connectivity index (χ1) is 14.8. The van der Waals surface area contributed by atoms with Gasteiger partial charge in [0.05, 0.1) is 16.7 Å². The number of benzene rings is 3. The van der Waals surface area contributed by atoms with E-state index in [1.165, 1.54) is 0 Å².